The summed E-state index contributed by atoms with van der Waals surface area (Å²) in [4.78, 5) is 2.30. The van der Waals surface area contributed by atoms with Crippen LogP contribution in [0.3, 0.4) is 0 Å². The molecule has 0 N–H and O–H groups in total. The summed E-state index contributed by atoms with van der Waals surface area (Å²) in [5.41, 5.74) is 1.34. The van der Waals surface area contributed by atoms with Gasteiger partial charge in [0.2, 0.25) is 10.0 Å². The second-order valence-corrected chi connectivity index (χ2v) is 6.26. The Morgan fingerprint density at radius 3 is 2.38 bits per heavy atom. The molecule has 1 saturated heterocycles. The number of allylic oxidation sites excluding steroid dienone is 4. The Labute approximate surface area is 97.3 Å². The van der Waals surface area contributed by atoms with Crippen LogP contribution in [0.4, 0.5) is 0 Å². The molecule has 2 rings (SSSR count). The molecule has 0 atom stereocenters. The third kappa shape index (κ3) is 2.65. The van der Waals surface area contributed by atoms with Crippen LogP contribution in [0, 0.1) is 0 Å². The summed E-state index contributed by atoms with van der Waals surface area (Å²) in [6, 6.07) is 0. The average molecular weight is 242 g/mol. The lowest BCUT2D eigenvalue weighted by molar-refractivity contribution is 0.224. The van der Waals surface area contributed by atoms with Gasteiger partial charge in [-0.1, -0.05) is 12.2 Å². The van der Waals surface area contributed by atoms with Crippen molar-refractivity contribution in [2.24, 2.45) is 0 Å². The molecule has 2 aliphatic rings. The monoisotopic (exact) mass is 242 g/mol. The average Bonchev–Trinajstić information content (AvgIpc) is 2.29. The Balaban J connectivity index is 1.95. The first-order chi connectivity index (χ1) is 7.57. The van der Waals surface area contributed by atoms with Crippen LogP contribution in [-0.2, 0) is 10.0 Å². The second kappa shape index (κ2) is 4.59. The van der Waals surface area contributed by atoms with Gasteiger partial charge in [0.05, 0.1) is 6.26 Å². The molecule has 0 aromatic rings. The minimum Gasteiger partial charge on any atom is -0.372 e. The van der Waals surface area contributed by atoms with Crippen LogP contribution in [0.5, 0.6) is 0 Å². The lowest BCUT2D eigenvalue weighted by atomic mass is 10.1. The van der Waals surface area contributed by atoms with Gasteiger partial charge < -0.3 is 4.90 Å². The molecule has 16 heavy (non-hydrogen) atoms. The number of hydrogen-bond acceptors (Lipinski definition) is 3. The van der Waals surface area contributed by atoms with E-state index in [-0.39, 0.29) is 0 Å². The fourth-order valence-electron chi connectivity index (χ4n) is 2.16. The Morgan fingerprint density at radius 2 is 1.88 bits per heavy atom. The van der Waals surface area contributed by atoms with Gasteiger partial charge in [-0.25, -0.2) is 8.42 Å². The molecule has 4 nitrogen and oxygen atoms in total. The van der Waals surface area contributed by atoms with Crippen LogP contribution in [0.2, 0.25) is 0 Å². The van der Waals surface area contributed by atoms with Gasteiger partial charge in [0.1, 0.15) is 0 Å². The Hall–Kier alpha value is -0.810. The van der Waals surface area contributed by atoms with Crippen LogP contribution in [-0.4, -0.2) is 50.1 Å². The largest absolute Gasteiger partial charge is 0.372 e. The van der Waals surface area contributed by atoms with E-state index in [1.165, 1.54) is 12.0 Å². The zero-order valence-corrected chi connectivity index (χ0v) is 10.4. The molecular weight excluding hydrogens is 224 g/mol. The first-order valence-corrected chi connectivity index (χ1v) is 7.48. The van der Waals surface area contributed by atoms with Crippen LogP contribution >= 0.6 is 0 Å². The maximum atomic E-state index is 11.4. The van der Waals surface area contributed by atoms with Crippen molar-refractivity contribution in [1.82, 2.24) is 9.21 Å². The molecule has 0 saturated carbocycles. The van der Waals surface area contributed by atoms with Gasteiger partial charge in [-0.2, -0.15) is 4.31 Å². The number of rotatable bonds is 2. The molecule has 1 fully saturated rings. The molecule has 90 valence electrons. The third-order valence-electron chi connectivity index (χ3n) is 3.11. The molecule has 0 spiro atoms. The summed E-state index contributed by atoms with van der Waals surface area (Å²) in [7, 11) is -3.01. The molecule has 0 amide bonds. The lowest BCUT2D eigenvalue weighted by Crippen LogP contribution is -2.47. The normalized spacial score (nSPS) is 23.3. The highest BCUT2D eigenvalue weighted by atomic mass is 32.2. The smallest absolute Gasteiger partial charge is 0.211 e. The molecule has 1 aliphatic heterocycles. The van der Waals surface area contributed by atoms with Crippen molar-refractivity contribution in [3.05, 3.63) is 23.9 Å². The van der Waals surface area contributed by atoms with E-state index < -0.39 is 10.0 Å². The maximum Gasteiger partial charge on any atom is 0.211 e. The van der Waals surface area contributed by atoms with E-state index in [9.17, 15) is 8.42 Å². The van der Waals surface area contributed by atoms with E-state index in [1.54, 1.807) is 4.31 Å². The first-order valence-electron chi connectivity index (χ1n) is 5.63. The number of hydrogen-bond donors (Lipinski definition) is 0. The number of sulfonamides is 1. The number of piperazine rings is 1. The van der Waals surface area contributed by atoms with Gasteiger partial charge in [-0.05, 0) is 18.9 Å². The SMILES string of the molecule is CS(=O)(=O)N1CCN(C2=CC=CCC2)CC1. The predicted molar refractivity (Wildman–Crippen MR) is 64.4 cm³/mol. The van der Waals surface area contributed by atoms with E-state index >= 15 is 0 Å². The summed E-state index contributed by atoms with van der Waals surface area (Å²) in [5.74, 6) is 0. The van der Waals surface area contributed by atoms with Crippen molar-refractivity contribution in [2.45, 2.75) is 12.8 Å². The summed E-state index contributed by atoms with van der Waals surface area (Å²) >= 11 is 0. The van der Waals surface area contributed by atoms with Gasteiger partial charge in [0.15, 0.2) is 0 Å². The highest BCUT2D eigenvalue weighted by molar-refractivity contribution is 7.88. The van der Waals surface area contributed by atoms with Gasteiger partial charge >= 0.3 is 0 Å². The Bertz CT molecular complexity index is 404. The predicted octanol–water partition coefficient (Wildman–Crippen LogP) is 0.797. The number of nitrogens with zero attached hydrogens (tertiary/aromatic N) is 2. The van der Waals surface area contributed by atoms with Crippen molar-refractivity contribution in [3.8, 4) is 0 Å². The maximum absolute atomic E-state index is 11.4. The first kappa shape index (κ1) is 11.7. The van der Waals surface area contributed by atoms with E-state index in [1.807, 2.05) is 0 Å². The summed E-state index contributed by atoms with van der Waals surface area (Å²) in [6.45, 7) is 2.85. The van der Waals surface area contributed by atoms with E-state index in [2.05, 4.69) is 23.1 Å². The van der Waals surface area contributed by atoms with Gasteiger partial charge in [-0.3, -0.25) is 0 Å². The van der Waals surface area contributed by atoms with Crippen LogP contribution in [0.15, 0.2) is 23.9 Å². The molecule has 0 aromatic carbocycles. The van der Waals surface area contributed by atoms with Crippen molar-refractivity contribution in [3.63, 3.8) is 0 Å². The molecule has 0 aromatic heterocycles. The molecule has 1 aliphatic carbocycles. The molecular formula is C11H18N2O2S. The third-order valence-corrected chi connectivity index (χ3v) is 4.41. The van der Waals surface area contributed by atoms with Crippen LogP contribution < -0.4 is 0 Å². The van der Waals surface area contributed by atoms with Gasteiger partial charge in [-0.15, -0.1) is 0 Å². The topological polar surface area (TPSA) is 40.6 Å². The van der Waals surface area contributed by atoms with Crippen molar-refractivity contribution >= 4 is 10.0 Å². The van der Waals surface area contributed by atoms with E-state index in [4.69, 9.17) is 0 Å². The summed E-state index contributed by atoms with van der Waals surface area (Å²) in [6.07, 6.45) is 9.84. The van der Waals surface area contributed by atoms with Gasteiger partial charge in [0.25, 0.3) is 0 Å². The summed E-state index contributed by atoms with van der Waals surface area (Å²) < 4.78 is 24.3. The zero-order chi connectivity index (χ0) is 11.6. The Kier molecular flexibility index (Phi) is 3.35. The Morgan fingerprint density at radius 1 is 1.19 bits per heavy atom. The lowest BCUT2D eigenvalue weighted by Gasteiger charge is -2.36. The quantitative estimate of drug-likeness (QED) is 0.719. The second-order valence-electron chi connectivity index (χ2n) is 4.27. The summed E-state index contributed by atoms with van der Waals surface area (Å²) in [5, 5.41) is 0. The molecule has 0 bridgehead atoms. The fourth-order valence-corrected chi connectivity index (χ4v) is 2.99. The van der Waals surface area contributed by atoms with Crippen molar-refractivity contribution in [2.75, 3.05) is 32.4 Å². The standard InChI is InChI=1S/C11H18N2O2S/c1-16(14,15)13-9-7-12(8-10-13)11-5-3-2-4-6-11/h2-3,5H,4,6-10H2,1H3. The minimum atomic E-state index is -3.01. The molecule has 5 heteroatoms. The van der Waals surface area contributed by atoms with E-state index in [0.29, 0.717) is 13.1 Å². The zero-order valence-electron chi connectivity index (χ0n) is 9.59. The van der Waals surface area contributed by atoms with Crippen LogP contribution in [0.1, 0.15) is 12.8 Å². The molecule has 1 heterocycles. The highest BCUT2D eigenvalue weighted by Crippen LogP contribution is 2.18. The minimum absolute atomic E-state index is 0.611. The van der Waals surface area contributed by atoms with Crippen molar-refractivity contribution in [1.29, 1.82) is 0 Å². The van der Waals surface area contributed by atoms with Crippen molar-refractivity contribution < 1.29 is 8.42 Å². The van der Waals surface area contributed by atoms with E-state index in [0.717, 1.165) is 25.9 Å². The van der Waals surface area contributed by atoms with Gasteiger partial charge in [0, 0.05) is 31.9 Å². The fraction of sp³-hybridized carbons (Fsp3) is 0.636. The molecule has 0 unspecified atom stereocenters. The highest BCUT2D eigenvalue weighted by Gasteiger charge is 2.24. The molecule has 0 radical (unpaired) electrons. The van der Waals surface area contributed by atoms with Crippen LogP contribution in [0.25, 0.3) is 0 Å².